The molecule has 0 aliphatic rings. The van der Waals surface area contributed by atoms with Gasteiger partial charge in [0.15, 0.2) is 0 Å². The summed E-state index contributed by atoms with van der Waals surface area (Å²) < 4.78 is 34.9. The highest BCUT2D eigenvalue weighted by Crippen LogP contribution is 2.29. The van der Waals surface area contributed by atoms with Gasteiger partial charge in [-0.3, -0.25) is 13.9 Å². The molecule has 4 aromatic rings. The van der Waals surface area contributed by atoms with Gasteiger partial charge in [-0.25, -0.2) is 8.42 Å². The summed E-state index contributed by atoms with van der Waals surface area (Å²) in [6, 6.07) is 27.7. The average molecular weight is 697 g/mol. The maximum atomic E-state index is 14.6. The second kappa shape index (κ2) is 16.7. The second-order valence-electron chi connectivity index (χ2n) is 11.3. The van der Waals surface area contributed by atoms with Gasteiger partial charge in [0.2, 0.25) is 11.8 Å². The molecule has 0 spiro atoms. The van der Waals surface area contributed by atoms with Gasteiger partial charge >= 0.3 is 0 Å². The molecule has 0 aromatic heterocycles. The van der Waals surface area contributed by atoms with E-state index >= 15 is 0 Å². The number of rotatable bonds is 15. The Bertz CT molecular complexity index is 1720. The predicted octanol–water partition coefficient (Wildman–Crippen LogP) is 7.00. The largest absolute Gasteiger partial charge is 0.494 e. The Kier molecular flexibility index (Phi) is 12.7. The lowest BCUT2D eigenvalue weighted by Gasteiger charge is -2.34. The summed E-state index contributed by atoms with van der Waals surface area (Å²) in [5.74, 6) is -0.307. The molecule has 0 aliphatic heterocycles. The third-order valence-electron chi connectivity index (χ3n) is 7.39. The monoisotopic (exact) mass is 695 g/mol. The van der Waals surface area contributed by atoms with E-state index in [9.17, 15) is 18.0 Å². The third-order valence-corrected chi connectivity index (χ3v) is 9.89. The molecule has 2 amide bonds. The van der Waals surface area contributed by atoms with E-state index in [0.717, 1.165) is 9.87 Å². The number of carbonyl (C=O) groups excluding carboxylic acids is 2. The van der Waals surface area contributed by atoms with E-state index < -0.39 is 28.5 Å². The van der Waals surface area contributed by atoms with Crippen molar-refractivity contribution in [1.82, 2.24) is 10.2 Å². The first kappa shape index (κ1) is 35.8. The summed E-state index contributed by atoms with van der Waals surface area (Å²) in [4.78, 5) is 29.8. The molecular formula is C36H39Cl2N3O5S. The number of anilines is 1. The Morgan fingerprint density at radius 2 is 1.43 bits per heavy atom. The van der Waals surface area contributed by atoms with Crippen LogP contribution >= 0.6 is 23.2 Å². The summed E-state index contributed by atoms with van der Waals surface area (Å²) >= 11 is 13.2. The van der Waals surface area contributed by atoms with E-state index in [0.29, 0.717) is 34.5 Å². The van der Waals surface area contributed by atoms with Crippen LogP contribution in [0.15, 0.2) is 108 Å². The predicted molar refractivity (Wildman–Crippen MR) is 187 cm³/mol. The first-order chi connectivity index (χ1) is 22.5. The van der Waals surface area contributed by atoms with Crippen molar-refractivity contribution in [3.63, 3.8) is 0 Å². The molecule has 47 heavy (non-hydrogen) atoms. The van der Waals surface area contributed by atoms with Crippen LogP contribution in [0.3, 0.4) is 0 Å². The average Bonchev–Trinajstić information content (AvgIpc) is 3.06. The standard InChI is InChI=1S/C36H39Cl2N3O5S/c1-4-46-29-18-20-30(21-19-29)47(44,45)41(28-14-9-6-10-15-28)25-35(42)40(24-31-32(37)16-11-17-33(31)38)34(36(43)39-23-26(2)3)22-27-12-7-5-8-13-27/h5-21,26,34H,4,22-25H2,1-3H3,(H,39,43)/t34-/m0/s1. The fourth-order valence-electron chi connectivity index (χ4n) is 4.95. The van der Waals surface area contributed by atoms with E-state index in [2.05, 4.69) is 5.32 Å². The zero-order valence-electron chi connectivity index (χ0n) is 26.6. The third kappa shape index (κ3) is 9.50. The second-order valence-corrected chi connectivity index (χ2v) is 14.0. The fraction of sp³-hybridized carbons (Fsp3) is 0.278. The molecule has 0 unspecified atom stereocenters. The topological polar surface area (TPSA) is 96.0 Å². The number of para-hydroxylation sites is 1. The molecule has 4 rings (SSSR count). The molecule has 11 heteroatoms. The van der Waals surface area contributed by atoms with Crippen molar-refractivity contribution < 1.29 is 22.7 Å². The van der Waals surface area contributed by atoms with Gasteiger partial charge in [0.25, 0.3) is 10.0 Å². The fourth-order valence-corrected chi connectivity index (χ4v) is 6.89. The number of amides is 2. The van der Waals surface area contributed by atoms with Crippen LogP contribution in [-0.4, -0.2) is 50.9 Å². The van der Waals surface area contributed by atoms with Gasteiger partial charge in [-0.15, -0.1) is 0 Å². The smallest absolute Gasteiger partial charge is 0.264 e. The van der Waals surface area contributed by atoms with E-state index in [1.807, 2.05) is 51.1 Å². The Balaban J connectivity index is 1.80. The van der Waals surface area contributed by atoms with Crippen molar-refractivity contribution in [2.24, 2.45) is 5.92 Å². The van der Waals surface area contributed by atoms with Crippen molar-refractivity contribution in [3.8, 4) is 5.75 Å². The minimum atomic E-state index is -4.25. The summed E-state index contributed by atoms with van der Waals surface area (Å²) in [5, 5.41) is 3.60. The molecule has 1 atom stereocenters. The van der Waals surface area contributed by atoms with Gasteiger partial charge in [-0.1, -0.05) is 91.6 Å². The maximum absolute atomic E-state index is 14.6. The van der Waals surface area contributed by atoms with Gasteiger partial charge in [0.1, 0.15) is 18.3 Å². The summed E-state index contributed by atoms with van der Waals surface area (Å²) in [5.41, 5.74) is 1.55. The molecule has 1 N–H and O–H groups in total. The number of carbonyl (C=O) groups is 2. The number of hydrogen-bond acceptors (Lipinski definition) is 5. The van der Waals surface area contributed by atoms with Crippen LogP contribution in [0, 0.1) is 5.92 Å². The number of nitrogens with one attached hydrogen (secondary N) is 1. The first-order valence-electron chi connectivity index (χ1n) is 15.4. The summed E-state index contributed by atoms with van der Waals surface area (Å²) in [6.07, 6.45) is 0.176. The summed E-state index contributed by atoms with van der Waals surface area (Å²) in [6.45, 7) is 5.88. The zero-order chi connectivity index (χ0) is 34.0. The highest BCUT2D eigenvalue weighted by molar-refractivity contribution is 7.92. The number of nitrogens with zero attached hydrogens (tertiary/aromatic N) is 2. The molecule has 0 fully saturated rings. The van der Waals surface area contributed by atoms with E-state index in [1.165, 1.54) is 17.0 Å². The molecular weight excluding hydrogens is 657 g/mol. The molecule has 0 saturated carbocycles. The van der Waals surface area contributed by atoms with Crippen LogP contribution in [-0.2, 0) is 32.6 Å². The molecule has 248 valence electrons. The lowest BCUT2D eigenvalue weighted by atomic mass is 10.0. The van der Waals surface area contributed by atoms with Gasteiger partial charge in [-0.2, -0.15) is 0 Å². The van der Waals surface area contributed by atoms with Crippen LogP contribution in [0.2, 0.25) is 10.0 Å². The zero-order valence-corrected chi connectivity index (χ0v) is 28.9. The molecule has 0 bridgehead atoms. The van der Waals surface area contributed by atoms with Crippen LogP contribution in [0.1, 0.15) is 31.9 Å². The van der Waals surface area contributed by atoms with Crippen LogP contribution < -0.4 is 14.4 Å². The highest BCUT2D eigenvalue weighted by Gasteiger charge is 2.35. The number of hydrogen-bond donors (Lipinski definition) is 1. The van der Waals surface area contributed by atoms with Crippen molar-refractivity contribution in [2.45, 2.75) is 44.7 Å². The molecule has 0 aliphatic carbocycles. The van der Waals surface area contributed by atoms with Gasteiger partial charge in [-0.05, 0) is 66.9 Å². The van der Waals surface area contributed by atoms with Crippen LogP contribution in [0.25, 0.3) is 0 Å². The summed E-state index contributed by atoms with van der Waals surface area (Å²) in [7, 11) is -4.25. The lowest BCUT2D eigenvalue weighted by molar-refractivity contribution is -0.140. The van der Waals surface area contributed by atoms with E-state index in [4.69, 9.17) is 27.9 Å². The van der Waals surface area contributed by atoms with Crippen LogP contribution in [0.5, 0.6) is 5.75 Å². The Hall–Kier alpha value is -4.05. The van der Waals surface area contributed by atoms with Crippen molar-refractivity contribution in [3.05, 3.63) is 124 Å². The Morgan fingerprint density at radius 3 is 2.00 bits per heavy atom. The lowest BCUT2D eigenvalue weighted by Crippen LogP contribution is -2.53. The van der Waals surface area contributed by atoms with E-state index in [1.54, 1.807) is 60.7 Å². The number of halogens is 2. The molecule has 0 radical (unpaired) electrons. The number of sulfonamides is 1. The number of ether oxygens (including phenoxy) is 1. The van der Waals surface area contributed by atoms with E-state index in [-0.39, 0.29) is 35.4 Å². The van der Waals surface area contributed by atoms with Gasteiger partial charge in [0, 0.05) is 35.1 Å². The van der Waals surface area contributed by atoms with Crippen molar-refractivity contribution in [2.75, 3.05) is 24.0 Å². The highest BCUT2D eigenvalue weighted by atomic mass is 35.5. The van der Waals surface area contributed by atoms with Gasteiger partial charge in [0.05, 0.1) is 17.2 Å². The molecule has 0 heterocycles. The van der Waals surface area contributed by atoms with Gasteiger partial charge < -0.3 is 15.0 Å². The quantitative estimate of drug-likeness (QED) is 0.145. The van der Waals surface area contributed by atoms with Crippen molar-refractivity contribution >= 4 is 50.7 Å². The normalized spacial score (nSPS) is 12.0. The Morgan fingerprint density at radius 1 is 0.830 bits per heavy atom. The maximum Gasteiger partial charge on any atom is 0.264 e. The molecule has 4 aromatic carbocycles. The minimum Gasteiger partial charge on any atom is -0.494 e. The molecule has 0 saturated heterocycles. The SMILES string of the molecule is CCOc1ccc(S(=O)(=O)N(CC(=O)N(Cc2c(Cl)cccc2Cl)[C@@H](Cc2ccccc2)C(=O)NCC(C)C)c2ccccc2)cc1. The Labute approximate surface area is 287 Å². The first-order valence-corrected chi connectivity index (χ1v) is 17.6. The minimum absolute atomic E-state index is 0.0196. The number of benzene rings is 4. The molecule has 8 nitrogen and oxygen atoms in total. The van der Waals surface area contributed by atoms with Crippen molar-refractivity contribution in [1.29, 1.82) is 0 Å². The van der Waals surface area contributed by atoms with Crippen LogP contribution in [0.4, 0.5) is 5.69 Å².